The molecule has 17 nitrogen and oxygen atoms in total. The first kappa shape index (κ1) is 60.5. The summed E-state index contributed by atoms with van der Waals surface area (Å²) in [6, 6.07) is 18.4. The summed E-state index contributed by atoms with van der Waals surface area (Å²) in [4.78, 5) is 44.3. The maximum atomic E-state index is 13.6. The van der Waals surface area contributed by atoms with E-state index in [4.69, 9.17) is 26.5 Å². The fourth-order valence-electron chi connectivity index (χ4n) is 15.2. The van der Waals surface area contributed by atoms with Gasteiger partial charge in [0.25, 0.3) is 0 Å². The van der Waals surface area contributed by atoms with Crippen molar-refractivity contribution in [2.75, 3.05) is 96.6 Å². The van der Waals surface area contributed by atoms with Gasteiger partial charge < -0.3 is 56.5 Å². The van der Waals surface area contributed by atoms with Crippen LogP contribution in [0.5, 0.6) is 5.75 Å². The van der Waals surface area contributed by atoms with E-state index >= 15 is 0 Å². The first-order valence-corrected chi connectivity index (χ1v) is 32.2. The number of nitrogens with one attached hydrogen (secondary N) is 1. The van der Waals surface area contributed by atoms with Crippen molar-refractivity contribution in [1.82, 2.24) is 40.0 Å². The zero-order valence-corrected chi connectivity index (χ0v) is 51.3. The number of aryl methyl sites for hydroxylation is 1. The molecule has 5 unspecified atom stereocenters. The molecule has 2 aromatic carbocycles. The molecule has 83 heavy (non-hydrogen) atoms. The van der Waals surface area contributed by atoms with Crippen molar-refractivity contribution in [3.05, 3.63) is 100 Å². The van der Waals surface area contributed by atoms with Gasteiger partial charge in [-0.2, -0.15) is 0 Å². The number of carbonyl (C=O) groups is 2. The molecule has 2 aliphatic carbocycles. The van der Waals surface area contributed by atoms with Gasteiger partial charge in [-0.15, -0.1) is 11.3 Å². The Hall–Kier alpha value is -5.66. The van der Waals surface area contributed by atoms with E-state index in [2.05, 4.69) is 90.8 Å². The van der Waals surface area contributed by atoms with Crippen molar-refractivity contribution in [3.63, 3.8) is 0 Å². The van der Waals surface area contributed by atoms with Gasteiger partial charge in [-0.25, -0.2) is 4.98 Å². The number of amides is 2. The number of likely N-dealkylation sites (tertiary alicyclic amines) is 3. The Bertz CT molecular complexity index is 2840. The average Bonchev–Trinajstić information content (AvgIpc) is 3.54. The maximum Gasteiger partial charge on any atom is 0.233 e. The van der Waals surface area contributed by atoms with E-state index in [9.17, 15) is 14.7 Å². The lowest BCUT2D eigenvalue weighted by atomic mass is 9.59. The van der Waals surface area contributed by atoms with Crippen molar-refractivity contribution in [3.8, 4) is 16.2 Å². The Morgan fingerprint density at radius 2 is 1.64 bits per heavy atom. The van der Waals surface area contributed by atoms with Crippen molar-refractivity contribution < 1.29 is 24.0 Å². The summed E-state index contributed by atoms with van der Waals surface area (Å²) in [7, 11) is 0. The molecule has 2 spiro atoms. The fourth-order valence-corrected chi connectivity index (χ4v) is 16.0. The van der Waals surface area contributed by atoms with E-state index in [0.29, 0.717) is 40.6 Å². The number of carbonyl (C=O) groups excluding carboxylic acids is 2. The number of hydrogen-bond donors (Lipinski definition) is 5. The number of likely N-dealkylation sites (N-methyl/N-ethyl adjacent to an activating group) is 1. The summed E-state index contributed by atoms with van der Waals surface area (Å²) in [5.74, 6) is 4.00. The Morgan fingerprint density at radius 3 is 2.29 bits per heavy atom. The third-order valence-corrected chi connectivity index (χ3v) is 21.1. The molecule has 2 aromatic heterocycles. The number of hydrogen-bond acceptors (Lipinski definition) is 16. The van der Waals surface area contributed by atoms with Gasteiger partial charge in [0.05, 0.1) is 34.4 Å². The number of aromatic hydroxyl groups is 1. The van der Waals surface area contributed by atoms with E-state index in [1.165, 1.54) is 87.9 Å². The molecule has 7 heterocycles. The Morgan fingerprint density at radius 1 is 0.904 bits per heavy atom. The molecule has 2 saturated carbocycles. The number of anilines is 1. The molecule has 5 aliphatic heterocycles. The predicted molar refractivity (Wildman–Crippen MR) is 331 cm³/mol. The molecule has 5 saturated heterocycles. The summed E-state index contributed by atoms with van der Waals surface area (Å²) in [6.45, 7) is 26.9. The van der Waals surface area contributed by atoms with E-state index in [0.717, 1.165) is 126 Å². The summed E-state index contributed by atoms with van der Waals surface area (Å²) in [5, 5.41) is 17.6. The number of rotatable bonds is 19. The molecule has 18 heteroatoms. The van der Waals surface area contributed by atoms with Crippen LogP contribution in [0, 0.1) is 36.0 Å². The highest BCUT2D eigenvalue weighted by Gasteiger charge is 2.53. The van der Waals surface area contributed by atoms with Crippen LogP contribution in [-0.4, -0.2) is 161 Å². The lowest BCUT2D eigenvalue weighted by Crippen LogP contribution is -2.72. The molecule has 5 atom stereocenters. The minimum Gasteiger partial charge on any atom is -0.507 e. The number of aromatic nitrogens is 2. The van der Waals surface area contributed by atoms with Crippen LogP contribution in [-0.2, 0) is 14.3 Å². The normalized spacial score (nSPS) is 24.0. The SMILES string of the molecule is CCN(CC1CCCC1CN1CC2(C1)CN(C1CC3(CCN(CC4CCN(c5cc(C(C(=O)N6CCCC6C)C(C)C)on5)CC4)CC3)C1)CCO2)C(/C=C(\N)c1ccccc1O)=C(N)N.Cc1ncsc1-c1ccc(C(C)NC=O)cc1. The van der Waals surface area contributed by atoms with Gasteiger partial charge in [0.2, 0.25) is 12.3 Å². The van der Waals surface area contributed by atoms with Crippen LogP contribution < -0.4 is 27.4 Å². The number of para-hydroxylation sites is 1. The van der Waals surface area contributed by atoms with Gasteiger partial charge in [-0.3, -0.25) is 19.4 Å². The summed E-state index contributed by atoms with van der Waals surface area (Å²) in [5.41, 5.74) is 26.5. The zero-order valence-electron chi connectivity index (χ0n) is 50.5. The Labute approximate surface area is 498 Å². The fraction of sp³-hybridized carbons (Fsp3) is 0.631. The molecule has 11 rings (SSSR count). The monoisotopic (exact) mass is 1160 g/mol. The molecule has 7 fully saturated rings. The number of nitrogens with two attached hydrogens (primary N) is 3. The second-order valence-electron chi connectivity index (χ2n) is 26.1. The topological polar surface area (TPSA) is 212 Å². The number of benzene rings is 2. The number of morpholine rings is 1. The predicted octanol–water partition coefficient (Wildman–Crippen LogP) is 8.73. The average molecular weight is 1160 g/mol. The van der Waals surface area contributed by atoms with Crippen LogP contribution in [0.25, 0.3) is 16.1 Å². The second-order valence-corrected chi connectivity index (χ2v) is 27.0. The van der Waals surface area contributed by atoms with Gasteiger partial charge in [0.15, 0.2) is 11.6 Å². The number of ether oxygens (including phenoxy) is 1. The molecular weight excluding hydrogens is 1060 g/mol. The van der Waals surface area contributed by atoms with Crippen LogP contribution in [0.2, 0.25) is 0 Å². The lowest BCUT2D eigenvalue weighted by Gasteiger charge is -2.60. The van der Waals surface area contributed by atoms with Gasteiger partial charge in [-0.05, 0) is 163 Å². The third-order valence-electron chi connectivity index (χ3n) is 20.1. The van der Waals surface area contributed by atoms with E-state index < -0.39 is 0 Å². The number of thiazole rings is 1. The van der Waals surface area contributed by atoms with E-state index in [1.807, 2.05) is 49.7 Å². The highest BCUT2D eigenvalue weighted by molar-refractivity contribution is 7.13. The molecule has 7 aliphatic rings. The lowest BCUT2D eigenvalue weighted by molar-refractivity contribution is -0.203. The first-order valence-electron chi connectivity index (χ1n) is 31.3. The highest BCUT2D eigenvalue weighted by Crippen LogP contribution is 2.52. The summed E-state index contributed by atoms with van der Waals surface area (Å²) in [6.07, 6.45) is 16.2. The van der Waals surface area contributed by atoms with E-state index in [-0.39, 0.29) is 41.0 Å². The molecular formula is C65H96N12O5S. The number of phenolic OH excluding ortho intramolecular Hbond substituents is 1. The molecule has 2 amide bonds. The van der Waals surface area contributed by atoms with Crippen LogP contribution >= 0.6 is 11.3 Å². The minimum atomic E-state index is -0.270. The Kier molecular flexibility index (Phi) is 19.5. The number of piperidine rings is 2. The second kappa shape index (κ2) is 26.7. The van der Waals surface area contributed by atoms with Gasteiger partial charge >= 0.3 is 0 Å². The maximum absolute atomic E-state index is 13.6. The van der Waals surface area contributed by atoms with Crippen molar-refractivity contribution in [1.29, 1.82) is 0 Å². The Balaban J connectivity index is 0.000000387. The molecule has 452 valence electrons. The standard InChI is InChI=1S/C52H82N10O4.C13H14N2OS/c1-5-59(44(49(54)55)26-43(53)42-13-6-7-14-45(42)63)32-40-12-8-11-39(40)31-58-33-52(34-58)35-61(24-25-65-52)41-28-51(29-41)17-22-57(23-18-51)30-38-15-20-60(21-16-38)47-27-46(66-56-47)48(36(2)3)50(64)62-19-9-10-37(62)4;1-9(14-7-16)11-3-5-12(6-4-11)13-10(2)15-8-17-13/h6-7,13-14,26-27,36-41,48,63H,5,8-12,15-25,28-35,53-55H2,1-4H3;3-9H,1-2H3,(H,14,16)/b43-26-;. The minimum absolute atomic E-state index is 0.0175. The quantitative estimate of drug-likeness (QED) is 0.0439. The van der Waals surface area contributed by atoms with Gasteiger partial charge in [0, 0.05) is 101 Å². The van der Waals surface area contributed by atoms with Crippen LogP contribution in [0.3, 0.4) is 0 Å². The third kappa shape index (κ3) is 14.0. The van der Waals surface area contributed by atoms with Crippen LogP contribution in [0.1, 0.15) is 140 Å². The number of allylic oxidation sites excluding steroid dienone is 1. The number of phenols is 1. The largest absolute Gasteiger partial charge is 0.507 e. The highest BCUT2D eigenvalue weighted by atomic mass is 32.1. The number of nitrogens with zero attached hydrogens (tertiary/aromatic N) is 8. The zero-order chi connectivity index (χ0) is 58.4. The first-order chi connectivity index (χ1) is 40.0. The van der Waals surface area contributed by atoms with Crippen molar-refractivity contribution in [2.45, 2.75) is 142 Å². The van der Waals surface area contributed by atoms with Gasteiger partial charge in [0.1, 0.15) is 23.1 Å². The smallest absolute Gasteiger partial charge is 0.233 e. The molecule has 0 radical (unpaired) electrons. The van der Waals surface area contributed by atoms with E-state index in [1.54, 1.807) is 23.5 Å². The van der Waals surface area contributed by atoms with Gasteiger partial charge in [-0.1, -0.05) is 61.8 Å². The van der Waals surface area contributed by atoms with Crippen molar-refractivity contribution >= 4 is 35.2 Å². The summed E-state index contributed by atoms with van der Waals surface area (Å²) >= 11 is 1.64. The summed E-state index contributed by atoms with van der Waals surface area (Å²) < 4.78 is 12.5. The molecule has 4 aromatic rings. The molecule has 0 bridgehead atoms. The van der Waals surface area contributed by atoms with Crippen LogP contribution in [0.15, 0.2) is 82.2 Å². The van der Waals surface area contributed by atoms with Crippen molar-refractivity contribution in [2.24, 2.45) is 46.3 Å². The molecule has 8 N–H and O–H groups in total. The van der Waals surface area contributed by atoms with Crippen LogP contribution in [0.4, 0.5) is 5.82 Å².